The van der Waals surface area contributed by atoms with E-state index in [-0.39, 0.29) is 24.9 Å². The Balaban J connectivity index is 1.55. The number of rotatable bonds is 4. The first kappa shape index (κ1) is 15.9. The summed E-state index contributed by atoms with van der Waals surface area (Å²) in [5, 5.41) is 3.69. The second kappa shape index (κ2) is 7.06. The average molecular weight is 332 g/mol. The highest BCUT2D eigenvalue weighted by Crippen LogP contribution is 2.33. The van der Waals surface area contributed by atoms with E-state index in [4.69, 9.17) is 10.7 Å². The first-order valence-electron chi connectivity index (χ1n) is 7.77. The molecule has 0 radical (unpaired) electrons. The summed E-state index contributed by atoms with van der Waals surface area (Å²) in [6.07, 6.45) is 1.83. The summed E-state index contributed by atoms with van der Waals surface area (Å²) >= 11 is 1.75. The highest BCUT2D eigenvalue weighted by Gasteiger charge is 2.25. The fraction of sp³-hybridized carbons (Fsp3) is 0.438. The van der Waals surface area contributed by atoms with Gasteiger partial charge >= 0.3 is 0 Å². The van der Waals surface area contributed by atoms with E-state index in [0.717, 1.165) is 23.4 Å². The third-order valence-electron chi connectivity index (χ3n) is 4.13. The molecule has 122 valence electrons. The number of hydrogen-bond donors (Lipinski definition) is 2. The lowest BCUT2D eigenvalue weighted by Gasteiger charge is -2.31. The van der Waals surface area contributed by atoms with E-state index in [1.165, 1.54) is 4.70 Å². The maximum atomic E-state index is 12.1. The second-order valence-corrected chi connectivity index (χ2v) is 6.72. The molecule has 3 rings (SSSR count). The number of fused-ring (bicyclic) bond motifs is 1. The van der Waals surface area contributed by atoms with Gasteiger partial charge in [0.1, 0.15) is 0 Å². The first-order valence-corrected chi connectivity index (χ1v) is 8.59. The Morgan fingerprint density at radius 2 is 2.04 bits per heavy atom. The van der Waals surface area contributed by atoms with E-state index in [0.29, 0.717) is 19.0 Å². The topological polar surface area (TPSA) is 88.3 Å². The molecule has 2 heterocycles. The van der Waals surface area contributed by atoms with Crippen molar-refractivity contribution in [3.63, 3.8) is 0 Å². The smallest absolute Gasteiger partial charge is 0.241 e. The van der Waals surface area contributed by atoms with Crippen LogP contribution in [0, 0.1) is 0 Å². The van der Waals surface area contributed by atoms with Crippen LogP contribution in [-0.2, 0) is 9.59 Å². The molecule has 0 aliphatic carbocycles. The van der Waals surface area contributed by atoms with Gasteiger partial charge < -0.3 is 16.0 Å². The van der Waals surface area contributed by atoms with Crippen LogP contribution in [0.5, 0.6) is 0 Å². The number of nitrogens with zero attached hydrogens (tertiary/aromatic N) is 2. The first-order chi connectivity index (χ1) is 11.2. The molecular weight excluding hydrogens is 312 g/mol. The van der Waals surface area contributed by atoms with Crippen LogP contribution in [0.4, 0.5) is 0 Å². The van der Waals surface area contributed by atoms with Gasteiger partial charge in [0.25, 0.3) is 0 Å². The van der Waals surface area contributed by atoms with Gasteiger partial charge in [0, 0.05) is 19.0 Å². The number of carbonyl (C=O) groups excluding carboxylic acids is 2. The molecule has 3 N–H and O–H groups in total. The molecule has 2 aromatic rings. The third kappa shape index (κ3) is 3.68. The molecule has 0 unspecified atom stereocenters. The van der Waals surface area contributed by atoms with Gasteiger partial charge in [0.15, 0.2) is 0 Å². The minimum Gasteiger partial charge on any atom is -0.346 e. The van der Waals surface area contributed by atoms with Crippen molar-refractivity contribution in [2.75, 3.05) is 26.2 Å². The van der Waals surface area contributed by atoms with E-state index in [2.05, 4.69) is 11.4 Å². The number of amides is 2. The summed E-state index contributed by atoms with van der Waals surface area (Å²) in [5.74, 6) is 0.0624. The summed E-state index contributed by atoms with van der Waals surface area (Å²) in [6, 6.07) is 8.16. The molecule has 0 spiro atoms. The Labute approximate surface area is 138 Å². The van der Waals surface area contributed by atoms with Crippen LogP contribution >= 0.6 is 11.3 Å². The molecule has 7 heteroatoms. The molecule has 0 atom stereocenters. The van der Waals surface area contributed by atoms with E-state index in [1.807, 2.05) is 18.2 Å². The van der Waals surface area contributed by atoms with Gasteiger partial charge in [-0.05, 0) is 25.0 Å². The molecule has 1 aliphatic heterocycles. The Hall–Kier alpha value is -1.99. The second-order valence-electron chi connectivity index (χ2n) is 5.66. The number of hydrogen-bond acceptors (Lipinski definition) is 5. The Morgan fingerprint density at radius 3 is 2.74 bits per heavy atom. The molecule has 1 aromatic carbocycles. The molecule has 6 nitrogen and oxygen atoms in total. The summed E-state index contributed by atoms with van der Waals surface area (Å²) in [5.41, 5.74) is 6.26. The zero-order valence-corrected chi connectivity index (χ0v) is 13.6. The third-order valence-corrected chi connectivity index (χ3v) is 5.33. The van der Waals surface area contributed by atoms with Gasteiger partial charge in [-0.15, -0.1) is 11.3 Å². The quantitative estimate of drug-likeness (QED) is 0.877. The Morgan fingerprint density at radius 1 is 1.30 bits per heavy atom. The molecule has 1 aliphatic rings. The van der Waals surface area contributed by atoms with Crippen molar-refractivity contribution >= 4 is 33.4 Å². The summed E-state index contributed by atoms with van der Waals surface area (Å²) in [6.45, 7) is 1.35. The molecule has 1 aromatic heterocycles. The lowest BCUT2D eigenvalue weighted by molar-refractivity contribution is -0.133. The van der Waals surface area contributed by atoms with Crippen molar-refractivity contribution in [1.29, 1.82) is 0 Å². The summed E-state index contributed by atoms with van der Waals surface area (Å²) in [4.78, 5) is 29.7. The maximum Gasteiger partial charge on any atom is 0.241 e. The largest absolute Gasteiger partial charge is 0.346 e. The zero-order chi connectivity index (χ0) is 16.2. The van der Waals surface area contributed by atoms with Gasteiger partial charge in [0.2, 0.25) is 11.8 Å². The standard InChI is InChI=1S/C16H20N4O2S/c17-9-14(21)18-10-15(22)20-7-5-11(6-8-20)16-19-12-3-1-2-4-13(12)23-16/h1-4,11H,5-10,17H2,(H,18,21). The number of piperidine rings is 1. The highest BCUT2D eigenvalue weighted by molar-refractivity contribution is 7.18. The van der Waals surface area contributed by atoms with Gasteiger partial charge in [0.05, 0.1) is 28.3 Å². The number of aromatic nitrogens is 1. The number of benzene rings is 1. The van der Waals surface area contributed by atoms with Crippen molar-refractivity contribution in [2.24, 2.45) is 5.73 Å². The average Bonchev–Trinajstić information content (AvgIpc) is 3.03. The van der Waals surface area contributed by atoms with Crippen molar-refractivity contribution in [1.82, 2.24) is 15.2 Å². The van der Waals surface area contributed by atoms with Crippen LogP contribution < -0.4 is 11.1 Å². The van der Waals surface area contributed by atoms with Crippen molar-refractivity contribution in [2.45, 2.75) is 18.8 Å². The van der Waals surface area contributed by atoms with Crippen molar-refractivity contribution in [3.05, 3.63) is 29.3 Å². The number of nitrogens with one attached hydrogen (secondary N) is 1. The van der Waals surface area contributed by atoms with Crippen LogP contribution in [0.3, 0.4) is 0 Å². The number of nitrogens with two attached hydrogens (primary N) is 1. The highest BCUT2D eigenvalue weighted by atomic mass is 32.1. The van der Waals surface area contributed by atoms with Crippen LogP contribution in [0.1, 0.15) is 23.8 Å². The normalized spacial score (nSPS) is 15.8. The van der Waals surface area contributed by atoms with Crippen molar-refractivity contribution < 1.29 is 9.59 Å². The Bertz CT molecular complexity index is 674. The van der Waals surface area contributed by atoms with E-state index in [9.17, 15) is 9.59 Å². The number of likely N-dealkylation sites (tertiary alicyclic amines) is 1. The number of carbonyl (C=O) groups is 2. The molecule has 1 fully saturated rings. The van der Waals surface area contributed by atoms with Crippen LogP contribution in [0.25, 0.3) is 10.2 Å². The van der Waals surface area contributed by atoms with E-state index < -0.39 is 0 Å². The van der Waals surface area contributed by atoms with Crippen LogP contribution in [0.2, 0.25) is 0 Å². The lowest BCUT2D eigenvalue weighted by atomic mass is 9.97. The monoisotopic (exact) mass is 332 g/mol. The predicted octanol–water partition coefficient (Wildman–Crippen LogP) is 1.08. The number of thiazole rings is 1. The minimum absolute atomic E-state index is 0.0296. The van der Waals surface area contributed by atoms with Gasteiger partial charge in [-0.1, -0.05) is 12.1 Å². The predicted molar refractivity (Wildman–Crippen MR) is 90.2 cm³/mol. The van der Waals surface area contributed by atoms with E-state index in [1.54, 1.807) is 16.2 Å². The van der Waals surface area contributed by atoms with Gasteiger partial charge in [-0.3, -0.25) is 9.59 Å². The molecule has 0 saturated carbocycles. The zero-order valence-electron chi connectivity index (χ0n) is 12.8. The fourth-order valence-electron chi connectivity index (χ4n) is 2.80. The molecule has 2 amide bonds. The minimum atomic E-state index is -0.303. The van der Waals surface area contributed by atoms with Gasteiger partial charge in [-0.25, -0.2) is 4.98 Å². The Kier molecular flexibility index (Phi) is 4.88. The van der Waals surface area contributed by atoms with Gasteiger partial charge in [-0.2, -0.15) is 0 Å². The van der Waals surface area contributed by atoms with Crippen LogP contribution in [0.15, 0.2) is 24.3 Å². The fourth-order valence-corrected chi connectivity index (χ4v) is 3.94. The summed E-state index contributed by atoms with van der Waals surface area (Å²) in [7, 11) is 0. The maximum absolute atomic E-state index is 12.1. The number of para-hydroxylation sites is 1. The SMILES string of the molecule is NCC(=O)NCC(=O)N1CCC(c2nc3ccccc3s2)CC1. The van der Waals surface area contributed by atoms with E-state index >= 15 is 0 Å². The lowest BCUT2D eigenvalue weighted by Crippen LogP contribution is -2.44. The van der Waals surface area contributed by atoms with Crippen LogP contribution in [-0.4, -0.2) is 47.9 Å². The molecular formula is C16H20N4O2S. The van der Waals surface area contributed by atoms with Crippen molar-refractivity contribution in [3.8, 4) is 0 Å². The molecule has 23 heavy (non-hydrogen) atoms. The molecule has 0 bridgehead atoms. The molecule has 1 saturated heterocycles. The summed E-state index contributed by atoms with van der Waals surface area (Å²) < 4.78 is 1.21.